The molecular weight excluding hydrogens is 402 g/mol. The molecule has 144 valence electrons. The SMILES string of the molecule is CC(C)(C)OC(=O)N1CCC(CNCc2cc(Br)ccc2[N+](=O)[O-])CC1. The molecule has 0 saturated carbocycles. The number of nitrogens with zero attached hydrogens (tertiary/aromatic N) is 2. The van der Waals surface area contributed by atoms with Gasteiger partial charge in [-0.2, -0.15) is 0 Å². The molecule has 0 radical (unpaired) electrons. The molecule has 0 bridgehead atoms. The monoisotopic (exact) mass is 427 g/mol. The van der Waals surface area contributed by atoms with Gasteiger partial charge in [0, 0.05) is 35.7 Å². The van der Waals surface area contributed by atoms with Gasteiger partial charge in [-0.15, -0.1) is 0 Å². The number of carbonyl (C=O) groups excluding carboxylic acids is 1. The minimum Gasteiger partial charge on any atom is -0.444 e. The van der Waals surface area contributed by atoms with Gasteiger partial charge in [-0.25, -0.2) is 4.79 Å². The quantitative estimate of drug-likeness (QED) is 0.564. The number of rotatable bonds is 5. The predicted molar refractivity (Wildman–Crippen MR) is 103 cm³/mol. The molecule has 1 N–H and O–H groups in total. The number of nitro benzene ring substituents is 1. The molecule has 0 atom stereocenters. The molecule has 1 saturated heterocycles. The van der Waals surface area contributed by atoms with E-state index in [1.165, 1.54) is 6.07 Å². The molecule has 7 nitrogen and oxygen atoms in total. The van der Waals surface area contributed by atoms with Gasteiger partial charge < -0.3 is 15.0 Å². The Balaban J connectivity index is 1.78. The third-order valence-electron chi connectivity index (χ3n) is 4.25. The number of carbonyl (C=O) groups is 1. The maximum atomic E-state index is 12.1. The molecule has 0 spiro atoms. The summed E-state index contributed by atoms with van der Waals surface area (Å²) < 4.78 is 6.23. The molecule has 1 aromatic rings. The summed E-state index contributed by atoms with van der Waals surface area (Å²) in [6.07, 6.45) is 1.54. The van der Waals surface area contributed by atoms with Crippen molar-refractivity contribution in [2.75, 3.05) is 19.6 Å². The lowest BCUT2D eigenvalue weighted by Crippen LogP contribution is -2.43. The Hall–Kier alpha value is -1.67. The third kappa shape index (κ3) is 6.25. The van der Waals surface area contributed by atoms with Gasteiger partial charge in [0.2, 0.25) is 0 Å². The topological polar surface area (TPSA) is 84.7 Å². The van der Waals surface area contributed by atoms with Crippen molar-refractivity contribution in [2.45, 2.75) is 45.8 Å². The number of halogens is 1. The van der Waals surface area contributed by atoms with Crippen molar-refractivity contribution >= 4 is 27.7 Å². The summed E-state index contributed by atoms with van der Waals surface area (Å²) in [5, 5.41) is 14.4. The Kier molecular flexibility index (Phi) is 7.00. The summed E-state index contributed by atoms with van der Waals surface area (Å²) in [6.45, 7) is 8.17. The van der Waals surface area contributed by atoms with Gasteiger partial charge in [-0.05, 0) is 58.2 Å². The summed E-state index contributed by atoms with van der Waals surface area (Å²) >= 11 is 3.36. The van der Waals surface area contributed by atoms with Crippen LogP contribution in [0.2, 0.25) is 0 Å². The number of amides is 1. The van der Waals surface area contributed by atoms with Gasteiger partial charge in [0.05, 0.1) is 4.92 Å². The van der Waals surface area contributed by atoms with Crippen molar-refractivity contribution in [3.8, 4) is 0 Å². The highest BCUT2D eigenvalue weighted by Gasteiger charge is 2.26. The van der Waals surface area contributed by atoms with Crippen LogP contribution >= 0.6 is 15.9 Å². The molecular formula is C18H26BrN3O4. The smallest absolute Gasteiger partial charge is 0.410 e. The van der Waals surface area contributed by atoms with E-state index < -0.39 is 5.60 Å². The van der Waals surface area contributed by atoms with Crippen LogP contribution in [-0.4, -0.2) is 41.2 Å². The number of piperidine rings is 1. The lowest BCUT2D eigenvalue weighted by molar-refractivity contribution is -0.385. The molecule has 0 unspecified atom stereocenters. The number of hydrogen-bond acceptors (Lipinski definition) is 5. The highest BCUT2D eigenvalue weighted by atomic mass is 79.9. The number of hydrogen-bond donors (Lipinski definition) is 1. The van der Waals surface area contributed by atoms with Crippen LogP contribution in [0.5, 0.6) is 0 Å². The van der Waals surface area contributed by atoms with Crippen molar-refractivity contribution in [2.24, 2.45) is 5.92 Å². The first-order chi connectivity index (χ1) is 12.2. The fourth-order valence-corrected chi connectivity index (χ4v) is 3.34. The van der Waals surface area contributed by atoms with Crippen molar-refractivity contribution in [3.63, 3.8) is 0 Å². The molecule has 1 aromatic carbocycles. The van der Waals surface area contributed by atoms with E-state index in [0.29, 0.717) is 31.1 Å². The average molecular weight is 428 g/mol. The molecule has 1 heterocycles. The summed E-state index contributed by atoms with van der Waals surface area (Å²) in [5.41, 5.74) is 0.310. The van der Waals surface area contributed by atoms with E-state index in [9.17, 15) is 14.9 Å². The van der Waals surface area contributed by atoms with Gasteiger partial charge in [-0.1, -0.05) is 15.9 Å². The second kappa shape index (κ2) is 8.81. The summed E-state index contributed by atoms with van der Waals surface area (Å²) in [7, 11) is 0. The van der Waals surface area contributed by atoms with Crippen LogP contribution in [0.3, 0.4) is 0 Å². The first-order valence-corrected chi connectivity index (χ1v) is 9.56. The van der Waals surface area contributed by atoms with Crippen LogP contribution in [0, 0.1) is 16.0 Å². The number of likely N-dealkylation sites (tertiary alicyclic amines) is 1. The van der Waals surface area contributed by atoms with E-state index in [-0.39, 0.29) is 16.7 Å². The lowest BCUT2D eigenvalue weighted by Gasteiger charge is -2.33. The highest BCUT2D eigenvalue weighted by Crippen LogP contribution is 2.23. The van der Waals surface area contributed by atoms with Crippen LogP contribution in [-0.2, 0) is 11.3 Å². The Morgan fingerprint density at radius 3 is 2.62 bits per heavy atom. The van der Waals surface area contributed by atoms with Crippen molar-refractivity contribution in [1.29, 1.82) is 0 Å². The highest BCUT2D eigenvalue weighted by molar-refractivity contribution is 9.10. The molecule has 1 aliphatic heterocycles. The molecule has 1 amide bonds. The molecule has 1 fully saturated rings. The average Bonchev–Trinajstić information content (AvgIpc) is 2.53. The molecule has 8 heteroatoms. The largest absolute Gasteiger partial charge is 0.444 e. The zero-order valence-corrected chi connectivity index (χ0v) is 17.0. The van der Waals surface area contributed by atoms with Gasteiger partial charge in [0.15, 0.2) is 0 Å². The van der Waals surface area contributed by atoms with Crippen molar-refractivity contribution in [3.05, 3.63) is 38.3 Å². The van der Waals surface area contributed by atoms with Gasteiger partial charge in [-0.3, -0.25) is 10.1 Å². The number of benzene rings is 1. The van der Waals surface area contributed by atoms with E-state index in [1.54, 1.807) is 17.0 Å². The van der Waals surface area contributed by atoms with E-state index in [0.717, 1.165) is 23.9 Å². The van der Waals surface area contributed by atoms with Gasteiger partial charge >= 0.3 is 6.09 Å². The summed E-state index contributed by atoms with van der Waals surface area (Å²) in [5.74, 6) is 0.444. The third-order valence-corrected chi connectivity index (χ3v) is 4.75. The summed E-state index contributed by atoms with van der Waals surface area (Å²) in [6, 6.07) is 4.96. The van der Waals surface area contributed by atoms with Crippen LogP contribution < -0.4 is 5.32 Å². The molecule has 0 aromatic heterocycles. The number of nitrogens with one attached hydrogen (secondary N) is 1. The minimum atomic E-state index is -0.478. The van der Waals surface area contributed by atoms with E-state index in [1.807, 2.05) is 20.8 Å². The summed E-state index contributed by atoms with van der Waals surface area (Å²) in [4.78, 5) is 24.6. The Labute approximate surface area is 162 Å². The normalized spacial score (nSPS) is 15.8. The maximum absolute atomic E-state index is 12.1. The zero-order valence-electron chi connectivity index (χ0n) is 15.5. The van der Waals surface area contributed by atoms with E-state index in [2.05, 4.69) is 21.2 Å². The van der Waals surface area contributed by atoms with Crippen LogP contribution in [0.15, 0.2) is 22.7 Å². The van der Waals surface area contributed by atoms with Crippen molar-refractivity contribution < 1.29 is 14.5 Å². The maximum Gasteiger partial charge on any atom is 0.410 e. The molecule has 1 aliphatic rings. The standard InChI is InChI=1S/C18H26BrN3O4/c1-18(2,3)26-17(23)21-8-6-13(7-9-21)11-20-12-14-10-15(19)4-5-16(14)22(24)25/h4-5,10,13,20H,6-9,11-12H2,1-3H3. The molecule has 26 heavy (non-hydrogen) atoms. The lowest BCUT2D eigenvalue weighted by atomic mass is 9.97. The zero-order chi connectivity index (χ0) is 19.3. The Morgan fingerprint density at radius 2 is 2.04 bits per heavy atom. The van der Waals surface area contributed by atoms with E-state index in [4.69, 9.17) is 4.74 Å². The van der Waals surface area contributed by atoms with Gasteiger partial charge in [0.1, 0.15) is 5.60 Å². The predicted octanol–water partition coefficient (Wildman–Crippen LogP) is 4.09. The molecule has 2 rings (SSSR count). The molecule has 0 aliphatic carbocycles. The minimum absolute atomic E-state index is 0.125. The van der Waals surface area contributed by atoms with Crippen LogP contribution in [0.25, 0.3) is 0 Å². The first-order valence-electron chi connectivity index (χ1n) is 8.77. The fraction of sp³-hybridized carbons (Fsp3) is 0.611. The van der Waals surface area contributed by atoms with Gasteiger partial charge in [0.25, 0.3) is 5.69 Å². The van der Waals surface area contributed by atoms with Crippen LogP contribution in [0.4, 0.5) is 10.5 Å². The van der Waals surface area contributed by atoms with E-state index >= 15 is 0 Å². The Morgan fingerprint density at radius 1 is 1.38 bits per heavy atom. The first kappa shape index (κ1) is 20.6. The van der Waals surface area contributed by atoms with Crippen molar-refractivity contribution in [1.82, 2.24) is 10.2 Å². The number of nitro groups is 1. The number of ether oxygens (including phenoxy) is 1. The van der Waals surface area contributed by atoms with Crippen LogP contribution in [0.1, 0.15) is 39.2 Å². The fourth-order valence-electron chi connectivity index (χ4n) is 2.93. The second-order valence-electron chi connectivity index (χ2n) is 7.57. The second-order valence-corrected chi connectivity index (χ2v) is 8.49. The Bertz CT molecular complexity index is 652.